The van der Waals surface area contributed by atoms with Crippen LogP contribution in [-0.4, -0.2) is 46.7 Å². The zero-order chi connectivity index (χ0) is 20.2. The summed E-state index contributed by atoms with van der Waals surface area (Å²) in [6.07, 6.45) is 3.48. The molecule has 4 rings (SSSR count). The largest absolute Gasteiger partial charge is 0.326 e. The molecule has 2 fully saturated rings. The monoisotopic (exact) mass is 422 g/mol. The number of nitrogens with zero attached hydrogens (tertiary/aromatic N) is 1. The Morgan fingerprint density at radius 2 is 2.07 bits per heavy atom. The van der Waals surface area contributed by atoms with Crippen molar-refractivity contribution in [1.82, 2.24) is 4.90 Å². The fourth-order valence-corrected chi connectivity index (χ4v) is 5.84. The molecule has 2 saturated heterocycles. The summed E-state index contributed by atoms with van der Waals surface area (Å²) in [7, 11) is 0. The molecule has 0 radical (unpaired) electrons. The molecule has 3 heterocycles. The third-order valence-corrected chi connectivity index (χ3v) is 7.53. The number of hydrogen-bond acceptors (Lipinski definition) is 4. The Morgan fingerprint density at radius 1 is 1.32 bits per heavy atom. The topological polar surface area (TPSA) is 83.1 Å². The van der Waals surface area contributed by atoms with Crippen molar-refractivity contribution in [2.24, 2.45) is 11.8 Å². The number of nitrogens with two attached hydrogens (primary N) is 1. The Balaban J connectivity index is 1.86. The van der Waals surface area contributed by atoms with Crippen LogP contribution in [0.15, 0.2) is 18.2 Å². The summed E-state index contributed by atoms with van der Waals surface area (Å²) in [5.41, 5.74) is 0.166. The van der Waals surface area contributed by atoms with Gasteiger partial charge in [-0.15, -0.1) is 0 Å². The Morgan fingerprint density at radius 3 is 2.75 bits per heavy atom. The number of carbonyl (C=O) groups excluding carboxylic acids is 3. The Labute approximate surface area is 173 Å². The van der Waals surface area contributed by atoms with Crippen LogP contribution in [0.1, 0.15) is 32.3 Å². The van der Waals surface area contributed by atoms with Crippen molar-refractivity contribution < 1.29 is 19.7 Å². The van der Waals surface area contributed by atoms with Crippen LogP contribution in [0.25, 0.3) is 0 Å². The van der Waals surface area contributed by atoms with Crippen LogP contribution in [0.4, 0.5) is 5.69 Å². The molecule has 150 valence electrons. The quantitative estimate of drug-likeness (QED) is 0.706. The molecule has 0 saturated carbocycles. The lowest BCUT2D eigenvalue weighted by Gasteiger charge is -2.28. The van der Waals surface area contributed by atoms with Gasteiger partial charge in [-0.05, 0) is 37.5 Å². The van der Waals surface area contributed by atoms with Gasteiger partial charge in [0.15, 0.2) is 0 Å². The molecule has 5 atom stereocenters. The minimum absolute atomic E-state index is 0.112. The number of anilines is 1. The number of carbonyl (C=O) groups is 3. The fraction of sp³-hybridized carbons (Fsp3) is 0.550. The van der Waals surface area contributed by atoms with Crippen molar-refractivity contribution in [3.8, 4) is 0 Å². The highest BCUT2D eigenvalue weighted by molar-refractivity contribution is 7.98. The summed E-state index contributed by atoms with van der Waals surface area (Å²) in [6.45, 7) is 3.85. The van der Waals surface area contributed by atoms with Crippen LogP contribution in [0.3, 0.4) is 0 Å². The van der Waals surface area contributed by atoms with E-state index in [0.717, 1.165) is 17.7 Å². The second-order valence-corrected chi connectivity index (χ2v) is 9.30. The molecule has 28 heavy (non-hydrogen) atoms. The van der Waals surface area contributed by atoms with Gasteiger partial charge in [-0.2, -0.15) is 11.8 Å². The van der Waals surface area contributed by atoms with E-state index in [1.165, 1.54) is 4.90 Å². The smallest absolute Gasteiger partial charge is 0.291 e. The number of thioether (sulfide) groups is 1. The normalized spacial score (nSPS) is 32.1. The van der Waals surface area contributed by atoms with Crippen molar-refractivity contribution >= 4 is 46.8 Å². The SMILES string of the molecule is CC[C@H](C)N1C(=O)[C@@H]2[C@H](CCSC)[NH2+][C@@]3(C(=O)Nc4c(Cl)cccc43)[C@@H]2C1=O. The van der Waals surface area contributed by atoms with Gasteiger partial charge in [-0.1, -0.05) is 24.6 Å². The highest BCUT2D eigenvalue weighted by atomic mass is 35.5. The summed E-state index contributed by atoms with van der Waals surface area (Å²) < 4.78 is 0. The summed E-state index contributed by atoms with van der Waals surface area (Å²) in [6, 6.07) is 5.10. The van der Waals surface area contributed by atoms with Crippen molar-refractivity contribution in [3.63, 3.8) is 0 Å². The maximum atomic E-state index is 13.5. The Bertz CT molecular complexity index is 863. The molecule has 6 nitrogen and oxygen atoms in total. The highest BCUT2D eigenvalue weighted by Crippen LogP contribution is 2.51. The fourth-order valence-electron chi connectivity index (χ4n) is 5.11. The van der Waals surface area contributed by atoms with Crippen LogP contribution in [-0.2, 0) is 19.9 Å². The van der Waals surface area contributed by atoms with Gasteiger partial charge in [0.25, 0.3) is 5.91 Å². The van der Waals surface area contributed by atoms with Crippen LogP contribution >= 0.6 is 23.4 Å². The van der Waals surface area contributed by atoms with Crippen LogP contribution in [0.2, 0.25) is 5.02 Å². The first-order chi connectivity index (χ1) is 13.4. The van der Waals surface area contributed by atoms with E-state index in [2.05, 4.69) is 5.32 Å². The lowest BCUT2D eigenvalue weighted by Crippen LogP contribution is -2.99. The average Bonchev–Trinajstić information content (AvgIpc) is 3.26. The number of hydrogen-bond donors (Lipinski definition) is 2. The minimum atomic E-state index is -1.12. The second-order valence-electron chi connectivity index (χ2n) is 7.90. The van der Waals surface area contributed by atoms with Gasteiger partial charge in [0.2, 0.25) is 17.4 Å². The standard InChI is InChI=1S/C20H24ClN3O3S/c1-4-10(2)24-17(25)14-13(8-9-28-3)23-20(15(14)18(24)26)11-6-5-7-12(21)16(11)22-19(20)27/h5-7,10,13-15,23H,4,8-9H2,1-3H3,(H,22,27)/p+1/t10-,13-,14+,15-,20+/m0/s1. The minimum Gasteiger partial charge on any atom is -0.326 e. The van der Waals surface area contributed by atoms with Gasteiger partial charge in [0, 0.05) is 18.0 Å². The third-order valence-electron chi connectivity index (χ3n) is 6.57. The predicted molar refractivity (Wildman–Crippen MR) is 109 cm³/mol. The third kappa shape index (κ3) is 2.49. The van der Waals surface area contributed by atoms with E-state index in [0.29, 0.717) is 17.1 Å². The first kappa shape index (κ1) is 19.7. The lowest BCUT2D eigenvalue weighted by molar-refractivity contribution is -0.733. The first-order valence-corrected chi connectivity index (χ1v) is 11.5. The summed E-state index contributed by atoms with van der Waals surface area (Å²) >= 11 is 8.04. The van der Waals surface area contributed by atoms with Crippen molar-refractivity contribution in [1.29, 1.82) is 0 Å². The molecule has 0 aliphatic carbocycles. The van der Waals surface area contributed by atoms with Gasteiger partial charge in [-0.3, -0.25) is 19.3 Å². The molecular weight excluding hydrogens is 398 g/mol. The number of para-hydroxylation sites is 1. The Hall–Kier alpha value is -1.57. The molecule has 1 aromatic carbocycles. The number of rotatable bonds is 5. The Kier molecular flexibility index (Phi) is 4.96. The molecule has 8 heteroatoms. The predicted octanol–water partition coefficient (Wildman–Crippen LogP) is 1.59. The van der Waals surface area contributed by atoms with Gasteiger partial charge in [0.1, 0.15) is 17.9 Å². The van der Waals surface area contributed by atoms with Crippen molar-refractivity contribution in [3.05, 3.63) is 28.8 Å². The van der Waals surface area contributed by atoms with E-state index in [1.807, 2.05) is 31.5 Å². The summed E-state index contributed by atoms with van der Waals surface area (Å²) in [5, 5.41) is 5.32. The number of quaternary nitrogens is 1. The first-order valence-electron chi connectivity index (χ1n) is 9.70. The molecule has 1 aromatic rings. The zero-order valence-electron chi connectivity index (χ0n) is 16.2. The molecule has 0 aromatic heterocycles. The molecule has 3 N–H and O–H groups in total. The van der Waals surface area contributed by atoms with Gasteiger partial charge < -0.3 is 10.6 Å². The molecule has 0 bridgehead atoms. The van der Waals surface area contributed by atoms with Crippen LogP contribution < -0.4 is 10.6 Å². The van der Waals surface area contributed by atoms with E-state index in [-0.39, 0.29) is 29.8 Å². The molecule has 1 spiro atoms. The van der Waals surface area contributed by atoms with Crippen molar-refractivity contribution in [2.45, 2.75) is 44.3 Å². The maximum Gasteiger partial charge on any atom is 0.291 e. The van der Waals surface area contributed by atoms with E-state index in [9.17, 15) is 14.4 Å². The van der Waals surface area contributed by atoms with E-state index in [4.69, 9.17) is 11.6 Å². The van der Waals surface area contributed by atoms with Gasteiger partial charge >= 0.3 is 0 Å². The maximum absolute atomic E-state index is 13.5. The lowest BCUT2D eigenvalue weighted by atomic mass is 9.76. The number of imide groups is 1. The zero-order valence-corrected chi connectivity index (χ0v) is 17.8. The summed E-state index contributed by atoms with van der Waals surface area (Å²) in [4.78, 5) is 41.5. The van der Waals surface area contributed by atoms with E-state index in [1.54, 1.807) is 23.9 Å². The van der Waals surface area contributed by atoms with Crippen molar-refractivity contribution in [2.75, 3.05) is 17.3 Å². The van der Waals surface area contributed by atoms with Crippen LogP contribution in [0, 0.1) is 11.8 Å². The summed E-state index contributed by atoms with van der Waals surface area (Å²) in [5.74, 6) is -0.911. The number of fused-ring (bicyclic) bond motifs is 4. The molecular formula is C20H25ClN3O3S+. The number of likely N-dealkylation sites (tertiary alicyclic amines) is 1. The highest BCUT2D eigenvalue weighted by Gasteiger charge is 2.74. The van der Waals surface area contributed by atoms with Crippen LogP contribution in [0.5, 0.6) is 0 Å². The van der Waals surface area contributed by atoms with E-state index < -0.39 is 17.4 Å². The molecule has 0 unspecified atom stereocenters. The number of nitrogens with one attached hydrogen (secondary N) is 1. The molecule has 3 aliphatic heterocycles. The van der Waals surface area contributed by atoms with Gasteiger partial charge in [0.05, 0.1) is 10.7 Å². The van der Waals surface area contributed by atoms with Gasteiger partial charge in [-0.25, -0.2) is 0 Å². The van der Waals surface area contributed by atoms with E-state index >= 15 is 0 Å². The number of benzene rings is 1. The molecule has 3 amide bonds. The molecule has 3 aliphatic rings. The second kappa shape index (κ2) is 7.04. The average molecular weight is 423 g/mol. The number of amides is 3. The number of halogens is 1.